The van der Waals surface area contributed by atoms with Crippen LogP contribution in [-0.2, 0) is 5.54 Å². The summed E-state index contributed by atoms with van der Waals surface area (Å²) in [7, 11) is 1.59. The molecule has 0 aliphatic carbocycles. The number of ether oxygens (including phenoxy) is 1. The van der Waals surface area contributed by atoms with E-state index in [0.717, 1.165) is 11.1 Å². The Kier molecular flexibility index (Phi) is 4.48. The number of benzene rings is 2. The fourth-order valence-corrected chi connectivity index (χ4v) is 2.42. The Balaban J connectivity index is 2.41. The van der Waals surface area contributed by atoms with Gasteiger partial charge < -0.3 is 15.2 Å². The molecule has 0 aliphatic rings. The fourth-order valence-electron chi connectivity index (χ4n) is 2.42. The van der Waals surface area contributed by atoms with E-state index < -0.39 is 5.54 Å². The van der Waals surface area contributed by atoms with E-state index in [2.05, 4.69) is 5.32 Å². The number of aliphatic hydroxyl groups is 1. The highest BCUT2D eigenvalue weighted by atomic mass is 19.1. The number of methoxy groups -OCH3 is 1. The first-order chi connectivity index (χ1) is 9.98. The molecule has 0 fully saturated rings. The first-order valence-electron chi connectivity index (χ1n) is 6.78. The maximum Gasteiger partial charge on any atom is 0.125 e. The molecule has 1 atom stereocenters. The molecule has 0 amide bonds. The van der Waals surface area contributed by atoms with Gasteiger partial charge >= 0.3 is 0 Å². The van der Waals surface area contributed by atoms with Crippen molar-refractivity contribution in [2.45, 2.75) is 19.4 Å². The lowest BCUT2D eigenvalue weighted by molar-refractivity contribution is 0.220. The number of nitrogens with one attached hydrogen (secondary N) is 1. The summed E-state index contributed by atoms with van der Waals surface area (Å²) in [6, 6.07) is 12.2. The van der Waals surface area contributed by atoms with Crippen LogP contribution in [0.3, 0.4) is 0 Å². The number of aliphatic hydroxyl groups excluding tert-OH is 1. The molecule has 2 N–H and O–H groups in total. The number of aryl methyl sites for hydroxylation is 1. The van der Waals surface area contributed by atoms with Gasteiger partial charge in [-0.25, -0.2) is 4.39 Å². The van der Waals surface area contributed by atoms with Crippen LogP contribution in [0.1, 0.15) is 18.1 Å². The summed E-state index contributed by atoms with van der Waals surface area (Å²) in [5.41, 5.74) is 1.48. The van der Waals surface area contributed by atoms with E-state index in [9.17, 15) is 9.50 Å². The van der Waals surface area contributed by atoms with Crippen molar-refractivity contribution in [3.63, 3.8) is 0 Å². The van der Waals surface area contributed by atoms with Gasteiger partial charge in [0.2, 0.25) is 0 Å². The molecule has 2 aromatic carbocycles. The van der Waals surface area contributed by atoms with Crippen LogP contribution in [0.2, 0.25) is 0 Å². The quantitative estimate of drug-likeness (QED) is 0.885. The number of hydrogen-bond acceptors (Lipinski definition) is 3. The Morgan fingerprint density at radius 1 is 1.24 bits per heavy atom. The molecular weight excluding hydrogens is 269 g/mol. The Labute approximate surface area is 124 Å². The summed E-state index contributed by atoms with van der Waals surface area (Å²) in [5.74, 6) is 0.368. The number of para-hydroxylation sites is 1. The van der Waals surface area contributed by atoms with Gasteiger partial charge in [-0.3, -0.25) is 0 Å². The third kappa shape index (κ3) is 3.34. The minimum absolute atomic E-state index is 0.150. The third-order valence-electron chi connectivity index (χ3n) is 3.48. The normalized spacial score (nSPS) is 13.6. The van der Waals surface area contributed by atoms with Crippen molar-refractivity contribution in [2.75, 3.05) is 19.0 Å². The molecule has 0 heterocycles. The molecule has 0 aromatic heterocycles. The molecule has 2 rings (SSSR count). The topological polar surface area (TPSA) is 41.5 Å². The summed E-state index contributed by atoms with van der Waals surface area (Å²) in [6.07, 6.45) is 0. The van der Waals surface area contributed by atoms with Crippen LogP contribution in [-0.4, -0.2) is 18.8 Å². The molecular formula is C17H20FNO2. The Bertz CT molecular complexity index is 610. The predicted octanol–water partition coefficient (Wildman–Crippen LogP) is 3.46. The molecule has 0 radical (unpaired) electrons. The molecule has 0 saturated heterocycles. The van der Waals surface area contributed by atoms with Crippen LogP contribution in [0.4, 0.5) is 10.1 Å². The zero-order valence-corrected chi connectivity index (χ0v) is 12.5. The van der Waals surface area contributed by atoms with E-state index in [1.54, 1.807) is 7.11 Å². The standard InChI is InChI=1S/C17H20FNO2/c1-12-8-13(18)10-14(9-12)19-17(2,11-20)15-6-4-5-7-16(15)21-3/h4-10,19-20H,11H2,1-3H3. The number of hydrogen-bond donors (Lipinski definition) is 2. The largest absolute Gasteiger partial charge is 0.496 e. The second-order valence-corrected chi connectivity index (χ2v) is 5.33. The van der Waals surface area contributed by atoms with Crippen LogP contribution in [0, 0.1) is 12.7 Å². The van der Waals surface area contributed by atoms with Crippen molar-refractivity contribution >= 4 is 5.69 Å². The van der Waals surface area contributed by atoms with E-state index >= 15 is 0 Å². The van der Waals surface area contributed by atoms with Gasteiger partial charge in [-0.05, 0) is 43.7 Å². The monoisotopic (exact) mass is 289 g/mol. The zero-order valence-electron chi connectivity index (χ0n) is 12.5. The van der Waals surface area contributed by atoms with Crippen LogP contribution < -0.4 is 10.1 Å². The zero-order chi connectivity index (χ0) is 15.5. The van der Waals surface area contributed by atoms with Gasteiger partial charge in [-0.15, -0.1) is 0 Å². The average molecular weight is 289 g/mol. The van der Waals surface area contributed by atoms with Crippen molar-refractivity contribution in [1.29, 1.82) is 0 Å². The van der Waals surface area contributed by atoms with E-state index in [0.29, 0.717) is 11.4 Å². The van der Waals surface area contributed by atoms with Gasteiger partial charge in [0.25, 0.3) is 0 Å². The molecule has 0 spiro atoms. The second-order valence-electron chi connectivity index (χ2n) is 5.33. The SMILES string of the molecule is COc1ccccc1C(C)(CO)Nc1cc(C)cc(F)c1. The fraction of sp³-hybridized carbons (Fsp3) is 0.294. The minimum atomic E-state index is -0.771. The lowest BCUT2D eigenvalue weighted by Gasteiger charge is -2.32. The molecule has 3 nitrogen and oxygen atoms in total. The molecule has 21 heavy (non-hydrogen) atoms. The van der Waals surface area contributed by atoms with Gasteiger partial charge in [0.1, 0.15) is 11.6 Å². The van der Waals surface area contributed by atoms with Gasteiger partial charge in [0.05, 0.1) is 19.3 Å². The highest BCUT2D eigenvalue weighted by molar-refractivity contribution is 5.52. The molecule has 4 heteroatoms. The van der Waals surface area contributed by atoms with Crippen molar-refractivity contribution < 1.29 is 14.2 Å². The number of halogens is 1. The van der Waals surface area contributed by atoms with Gasteiger partial charge in [0, 0.05) is 11.3 Å². The highest BCUT2D eigenvalue weighted by Gasteiger charge is 2.29. The van der Waals surface area contributed by atoms with Gasteiger partial charge in [0.15, 0.2) is 0 Å². The van der Waals surface area contributed by atoms with Gasteiger partial charge in [-0.1, -0.05) is 18.2 Å². The minimum Gasteiger partial charge on any atom is -0.496 e. The molecule has 0 saturated carbocycles. The Morgan fingerprint density at radius 2 is 1.95 bits per heavy atom. The number of anilines is 1. The molecule has 112 valence electrons. The van der Waals surface area contributed by atoms with Crippen LogP contribution in [0.25, 0.3) is 0 Å². The van der Waals surface area contributed by atoms with Crippen LogP contribution in [0.15, 0.2) is 42.5 Å². The van der Waals surface area contributed by atoms with Crippen molar-refractivity contribution in [2.24, 2.45) is 0 Å². The smallest absolute Gasteiger partial charge is 0.125 e. The lowest BCUT2D eigenvalue weighted by atomic mass is 9.91. The van der Waals surface area contributed by atoms with Crippen LogP contribution >= 0.6 is 0 Å². The summed E-state index contributed by atoms with van der Waals surface area (Å²) >= 11 is 0. The Hall–Kier alpha value is -2.07. The highest BCUT2D eigenvalue weighted by Crippen LogP contribution is 2.33. The average Bonchev–Trinajstić information content (AvgIpc) is 2.46. The molecule has 2 aromatic rings. The molecule has 1 unspecified atom stereocenters. The first-order valence-corrected chi connectivity index (χ1v) is 6.78. The lowest BCUT2D eigenvalue weighted by Crippen LogP contribution is -2.36. The second kappa shape index (κ2) is 6.14. The van der Waals surface area contributed by atoms with E-state index in [1.807, 2.05) is 44.2 Å². The van der Waals surface area contributed by atoms with Crippen molar-refractivity contribution in [3.8, 4) is 5.75 Å². The van der Waals surface area contributed by atoms with E-state index in [1.165, 1.54) is 12.1 Å². The molecule has 0 bridgehead atoms. The Morgan fingerprint density at radius 3 is 2.57 bits per heavy atom. The summed E-state index contributed by atoms with van der Waals surface area (Å²) in [6.45, 7) is 3.53. The van der Waals surface area contributed by atoms with Crippen molar-refractivity contribution in [1.82, 2.24) is 0 Å². The molecule has 0 aliphatic heterocycles. The number of rotatable bonds is 5. The van der Waals surface area contributed by atoms with E-state index in [-0.39, 0.29) is 12.4 Å². The first kappa shape index (κ1) is 15.3. The predicted molar refractivity (Wildman–Crippen MR) is 82.2 cm³/mol. The summed E-state index contributed by atoms with van der Waals surface area (Å²) in [5, 5.41) is 13.1. The third-order valence-corrected chi connectivity index (χ3v) is 3.48. The maximum absolute atomic E-state index is 13.5. The maximum atomic E-state index is 13.5. The van der Waals surface area contributed by atoms with E-state index in [4.69, 9.17) is 4.74 Å². The van der Waals surface area contributed by atoms with Gasteiger partial charge in [-0.2, -0.15) is 0 Å². The van der Waals surface area contributed by atoms with Crippen molar-refractivity contribution in [3.05, 3.63) is 59.4 Å². The van der Waals surface area contributed by atoms with Crippen LogP contribution in [0.5, 0.6) is 5.75 Å². The summed E-state index contributed by atoms with van der Waals surface area (Å²) < 4.78 is 18.9. The summed E-state index contributed by atoms with van der Waals surface area (Å²) in [4.78, 5) is 0.